The van der Waals surface area contributed by atoms with Crippen LogP contribution in [0.4, 0.5) is 10.5 Å². The second-order valence-corrected chi connectivity index (χ2v) is 6.42. The van der Waals surface area contributed by atoms with E-state index in [9.17, 15) is 14.7 Å². The zero-order chi connectivity index (χ0) is 18.6. The summed E-state index contributed by atoms with van der Waals surface area (Å²) in [5.41, 5.74) is 2.33. The second-order valence-electron chi connectivity index (χ2n) is 6.42. The third-order valence-corrected chi connectivity index (χ3v) is 5.00. The fourth-order valence-corrected chi connectivity index (χ4v) is 3.56. The number of piperazine rings is 1. The van der Waals surface area contributed by atoms with Gasteiger partial charge in [0.1, 0.15) is 11.9 Å². The SMILES string of the molecule is CNC1(CC=O)CN(c2cccc(-c3ccccc3)c2)CCN1C(=O)O. The van der Waals surface area contributed by atoms with Crippen LogP contribution in [0, 0.1) is 0 Å². The third-order valence-electron chi connectivity index (χ3n) is 5.00. The van der Waals surface area contributed by atoms with Crippen LogP contribution in [0.5, 0.6) is 0 Å². The summed E-state index contributed by atoms with van der Waals surface area (Å²) < 4.78 is 0. The van der Waals surface area contributed by atoms with E-state index in [1.807, 2.05) is 30.3 Å². The van der Waals surface area contributed by atoms with Gasteiger partial charge in [0.05, 0.1) is 6.54 Å². The van der Waals surface area contributed by atoms with Crippen LogP contribution < -0.4 is 10.2 Å². The number of carboxylic acid groups (broad SMARTS) is 1. The highest BCUT2D eigenvalue weighted by Gasteiger charge is 2.43. The van der Waals surface area contributed by atoms with Crippen LogP contribution >= 0.6 is 0 Å². The molecule has 0 bridgehead atoms. The normalized spacial score (nSPS) is 20.0. The summed E-state index contributed by atoms with van der Waals surface area (Å²) in [5, 5.41) is 12.6. The highest BCUT2D eigenvalue weighted by atomic mass is 16.4. The van der Waals surface area contributed by atoms with E-state index in [0.29, 0.717) is 19.6 Å². The van der Waals surface area contributed by atoms with Gasteiger partial charge in [0.25, 0.3) is 0 Å². The summed E-state index contributed by atoms with van der Waals surface area (Å²) in [6.45, 7) is 1.32. The van der Waals surface area contributed by atoms with Crippen LogP contribution in [-0.4, -0.2) is 54.7 Å². The molecule has 0 aliphatic carbocycles. The molecule has 1 saturated heterocycles. The molecule has 6 nitrogen and oxygen atoms in total. The summed E-state index contributed by atoms with van der Waals surface area (Å²) >= 11 is 0. The molecular formula is C20H23N3O3. The average Bonchev–Trinajstić information content (AvgIpc) is 2.68. The summed E-state index contributed by atoms with van der Waals surface area (Å²) in [6, 6.07) is 18.3. The average molecular weight is 353 g/mol. The lowest BCUT2D eigenvalue weighted by Crippen LogP contribution is -2.69. The Kier molecular flexibility index (Phi) is 5.23. The van der Waals surface area contributed by atoms with Crippen molar-refractivity contribution in [1.29, 1.82) is 0 Å². The fraction of sp³-hybridized carbons (Fsp3) is 0.300. The molecule has 1 heterocycles. The van der Waals surface area contributed by atoms with Gasteiger partial charge in [0, 0.05) is 25.2 Å². The number of likely N-dealkylation sites (N-methyl/N-ethyl adjacent to an activating group) is 1. The van der Waals surface area contributed by atoms with E-state index in [1.54, 1.807) is 7.05 Å². The molecule has 26 heavy (non-hydrogen) atoms. The Bertz CT molecular complexity index is 781. The molecule has 1 aliphatic heterocycles. The van der Waals surface area contributed by atoms with Crippen molar-refractivity contribution >= 4 is 18.1 Å². The molecule has 6 heteroatoms. The first kappa shape index (κ1) is 17.9. The number of nitrogens with one attached hydrogen (secondary N) is 1. The van der Waals surface area contributed by atoms with Gasteiger partial charge >= 0.3 is 6.09 Å². The lowest BCUT2D eigenvalue weighted by molar-refractivity contribution is -0.110. The number of aldehydes is 1. The molecule has 0 radical (unpaired) electrons. The number of carbonyl (C=O) groups is 2. The van der Waals surface area contributed by atoms with Gasteiger partial charge in [0.15, 0.2) is 0 Å². The molecule has 2 aromatic carbocycles. The maximum absolute atomic E-state index is 11.6. The van der Waals surface area contributed by atoms with E-state index in [2.05, 4.69) is 34.5 Å². The number of hydrogen-bond donors (Lipinski definition) is 2. The van der Waals surface area contributed by atoms with Crippen LogP contribution in [0.3, 0.4) is 0 Å². The van der Waals surface area contributed by atoms with Crippen LogP contribution in [0.1, 0.15) is 6.42 Å². The Balaban J connectivity index is 1.91. The van der Waals surface area contributed by atoms with Crippen molar-refractivity contribution in [2.45, 2.75) is 12.1 Å². The summed E-state index contributed by atoms with van der Waals surface area (Å²) in [5.74, 6) is 0. The minimum Gasteiger partial charge on any atom is -0.465 e. The standard InChI is InChI=1S/C20H23N3O3/c1-21-20(10-13-24)15-22(11-12-23(20)19(25)26)18-9-5-8-17(14-18)16-6-3-2-4-7-16/h2-9,13-14,21H,10-12,15H2,1H3,(H,25,26). The molecule has 1 atom stereocenters. The molecule has 1 fully saturated rings. The quantitative estimate of drug-likeness (QED) is 0.809. The van der Waals surface area contributed by atoms with Crippen molar-refractivity contribution in [3.05, 3.63) is 54.6 Å². The zero-order valence-electron chi connectivity index (χ0n) is 14.8. The molecule has 2 N–H and O–H groups in total. The number of nitrogens with zero attached hydrogens (tertiary/aromatic N) is 2. The number of benzene rings is 2. The van der Waals surface area contributed by atoms with Gasteiger partial charge in [-0.15, -0.1) is 0 Å². The van der Waals surface area contributed by atoms with E-state index in [0.717, 1.165) is 23.1 Å². The number of hydrogen-bond acceptors (Lipinski definition) is 4. The first-order chi connectivity index (χ1) is 12.6. The monoisotopic (exact) mass is 353 g/mol. The first-order valence-corrected chi connectivity index (χ1v) is 8.63. The largest absolute Gasteiger partial charge is 0.465 e. The van der Waals surface area contributed by atoms with E-state index in [1.165, 1.54) is 4.90 Å². The van der Waals surface area contributed by atoms with Crippen LogP contribution in [0.25, 0.3) is 11.1 Å². The van der Waals surface area contributed by atoms with Crippen molar-refractivity contribution in [3.8, 4) is 11.1 Å². The molecule has 0 saturated carbocycles. The summed E-state index contributed by atoms with van der Waals surface area (Å²) in [4.78, 5) is 26.3. The predicted molar refractivity (Wildman–Crippen MR) is 101 cm³/mol. The Morgan fingerprint density at radius 1 is 1.15 bits per heavy atom. The Labute approximate surface area is 153 Å². The molecule has 0 spiro atoms. The van der Waals surface area contributed by atoms with E-state index in [4.69, 9.17) is 0 Å². The van der Waals surface area contributed by atoms with Gasteiger partial charge in [-0.3, -0.25) is 10.2 Å². The number of amides is 1. The second kappa shape index (κ2) is 7.58. The van der Waals surface area contributed by atoms with Gasteiger partial charge in [-0.05, 0) is 30.3 Å². The van der Waals surface area contributed by atoms with Crippen molar-refractivity contribution in [1.82, 2.24) is 10.2 Å². The minimum absolute atomic E-state index is 0.102. The maximum atomic E-state index is 11.6. The number of carbonyl (C=O) groups excluding carboxylic acids is 1. The molecule has 2 aromatic rings. The van der Waals surface area contributed by atoms with Gasteiger partial charge in [-0.25, -0.2) is 4.79 Å². The summed E-state index contributed by atoms with van der Waals surface area (Å²) in [7, 11) is 1.70. The first-order valence-electron chi connectivity index (χ1n) is 8.63. The van der Waals surface area contributed by atoms with Gasteiger partial charge in [0.2, 0.25) is 0 Å². The molecule has 1 aliphatic rings. The van der Waals surface area contributed by atoms with Gasteiger partial charge < -0.3 is 14.8 Å². The number of anilines is 1. The third kappa shape index (κ3) is 3.41. The topological polar surface area (TPSA) is 72.9 Å². The van der Waals surface area contributed by atoms with Crippen molar-refractivity contribution in [3.63, 3.8) is 0 Å². The zero-order valence-corrected chi connectivity index (χ0v) is 14.8. The highest BCUT2D eigenvalue weighted by molar-refractivity contribution is 5.71. The summed E-state index contributed by atoms with van der Waals surface area (Å²) in [6.07, 6.45) is -0.139. The van der Waals surface area contributed by atoms with Crippen molar-refractivity contribution in [2.24, 2.45) is 0 Å². The molecule has 0 aromatic heterocycles. The Morgan fingerprint density at radius 2 is 1.88 bits per heavy atom. The van der Waals surface area contributed by atoms with E-state index < -0.39 is 11.8 Å². The molecule has 3 rings (SSSR count). The minimum atomic E-state index is -1.01. The maximum Gasteiger partial charge on any atom is 0.408 e. The fourth-order valence-electron chi connectivity index (χ4n) is 3.56. The lowest BCUT2D eigenvalue weighted by atomic mass is 9.99. The van der Waals surface area contributed by atoms with Crippen molar-refractivity contribution < 1.29 is 14.7 Å². The van der Waals surface area contributed by atoms with Crippen LogP contribution in [0.2, 0.25) is 0 Å². The number of rotatable bonds is 5. The van der Waals surface area contributed by atoms with E-state index in [-0.39, 0.29) is 6.42 Å². The van der Waals surface area contributed by atoms with Crippen molar-refractivity contribution in [2.75, 3.05) is 31.6 Å². The van der Waals surface area contributed by atoms with Crippen LogP contribution in [-0.2, 0) is 4.79 Å². The van der Waals surface area contributed by atoms with E-state index >= 15 is 0 Å². The predicted octanol–water partition coefficient (Wildman–Crippen LogP) is 2.66. The lowest BCUT2D eigenvalue weighted by Gasteiger charge is -2.49. The molecular weight excluding hydrogens is 330 g/mol. The van der Waals surface area contributed by atoms with Gasteiger partial charge in [-0.2, -0.15) is 0 Å². The molecule has 1 amide bonds. The van der Waals surface area contributed by atoms with Crippen LogP contribution in [0.15, 0.2) is 54.6 Å². The smallest absolute Gasteiger partial charge is 0.408 e. The highest BCUT2D eigenvalue weighted by Crippen LogP contribution is 2.29. The molecule has 1 unspecified atom stereocenters. The van der Waals surface area contributed by atoms with Gasteiger partial charge in [-0.1, -0.05) is 42.5 Å². The Hall–Kier alpha value is -2.86. The molecule has 136 valence electrons. The Morgan fingerprint density at radius 3 is 2.54 bits per heavy atom.